The molecule has 0 radical (unpaired) electrons. The van der Waals surface area contributed by atoms with Crippen molar-refractivity contribution in [2.75, 3.05) is 17.7 Å². The molecule has 0 aliphatic rings. The summed E-state index contributed by atoms with van der Waals surface area (Å²) in [6, 6.07) is -0.0157. The van der Waals surface area contributed by atoms with Gasteiger partial charge in [0.2, 0.25) is 5.95 Å². The lowest BCUT2D eigenvalue weighted by atomic mass is 10.1. The van der Waals surface area contributed by atoms with Crippen LogP contribution < -0.4 is 11.1 Å². The molecule has 0 aliphatic carbocycles. The van der Waals surface area contributed by atoms with E-state index in [-0.39, 0.29) is 18.6 Å². The molecule has 15 heavy (non-hydrogen) atoms. The number of aryl methyl sites for hydroxylation is 1. The van der Waals surface area contributed by atoms with Crippen LogP contribution in [0.3, 0.4) is 0 Å². The number of nitrogens with two attached hydrogens (primary N) is 1. The summed E-state index contributed by atoms with van der Waals surface area (Å²) in [5.74, 6) is 1.25. The molecule has 5 heteroatoms. The van der Waals surface area contributed by atoms with Crippen molar-refractivity contribution < 1.29 is 5.11 Å². The van der Waals surface area contributed by atoms with E-state index >= 15 is 0 Å². The molecular formula is C10H18N4O. The maximum atomic E-state index is 9.18. The topological polar surface area (TPSA) is 84.1 Å². The van der Waals surface area contributed by atoms with E-state index in [0.29, 0.717) is 11.7 Å². The number of anilines is 2. The molecule has 84 valence electrons. The van der Waals surface area contributed by atoms with E-state index < -0.39 is 0 Å². The molecular weight excluding hydrogens is 192 g/mol. The second-order valence-electron chi connectivity index (χ2n) is 3.94. The van der Waals surface area contributed by atoms with E-state index in [1.807, 2.05) is 20.8 Å². The second-order valence-corrected chi connectivity index (χ2v) is 3.94. The number of hydrogen-bond acceptors (Lipinski definition) is 5. The van der Waals surface area contributed by atoms with Gasteiger partial charge in [-0.1, -0.05) is 13.8 Å². The van der Waals surface area contributed by atoms with E-state index in [4.69, 9.17) is 5.73 Å². The van der Waals surface area contributed by atoms with Crippen LogP contribution in [-0.4, -0.2) is 27.7 Å². The summed E-state index contributed by atoms with van der Waals surface area (Å²) >= 11 is 0. The minimum atomic E-state index is -0.0157. The Labute approximate surface area is 89.7 Å². The first kappa shape index (κ1) is 11.7. The average Bonchev–Trinajstić information content (AvgIpc) is 2.18. The number of nitrogen functional groups attached to an aromatic ring is 1. The summed E-state index contributed by atoms with van der Waals surface area (Å²) in [5.41, 5.74) is 6.42. The van der Waals surface area contributed by atoms with Gasteiger partial charge in [0.15, 0.2) is 0 Å². The molecule has 0 saturated carbocycles. The summed E-state index contributed by atoms with van der Waals surface area (Å²) in [6.45, 7) is 6.04. The summed E-state index contributed by atoms with van der Waals surface area (Å²) in [7, 11) is 0. The number of nitrogens with one attached hydrogen (secondary N) is 1. The molecule has 5 nitrogen and oxygen atoms in total. The van der Waals surface area contributed by atoms with E-state index in [2.05, 4.69) is 15.3 Å². The SMILES string of the molecule is Cc1cnc(N)nc1NC(CO)C(C)C. The number of aliphatic hydroxyl groups is 1. The van der Waals surface area contributed by atoms with Gasteiger partial charge in [0, 0.05) is 11.8 Å². The van der Waals surface area contributed by atoms with E-state index in [1.54, 1.807) is 6.20 Å². The molecule has 1 atom stereocenters. The van der Waals surface area contributed by atoms with Crippen molar-refractivity contribution in [3.8, 4) is 0 Å². The van der Waals surface area contributed by atoms with Crippen LogP contribution in [-0.2, 0) is 0 Å². The predicted molar refractivity (Wildman–Crippen MR) is 60.5 cm³/mol. The summed E-state index contributed by atoms with van der Waals surface area (Å²) in [5, 5.41) is 12.3. The Morgan fingerprint density at radius 1 is 1.53 bits per heavy atom. The van der Waals surface area contributed by atoms with Crippen molar-refractivity contribution >= 4 is 11.8 Å². The molecule has 0 bridgehead atoms. The number of aliphatic hydroxyl groups excluding tert-OH is 1. The maximum Gasteiger partial charge on any atom is 0.221 e. The lowest BCUT2D eigenvalue weighted by Gasteiger charge is -2.21. The van der Waals surface area contributed by atoms with Crippen LogP contribution >= 0.6 is 0 Å². The second kappa shape index (κ2) is 4.93. The molecule has 1 unspecified atom stereocenters. The molecule has 0 saturated heterocycles. The van der Waals surface area contributed by atoms with Crippen LogP contribution in [0.25, 0.3) is 0 Å². The Morgan fingerprint density at radius 2 is 2.20 bits per heavy atom. The average molecular weight is 210 g/mol. The Hall–Kier alpha value is -1.36. The fourth-order valence-electron chi connectivity index (χ4n) is 1.20. The summed E-state index contributed by atoms with van der Waals surface area (Å²) in [4.78, 5) is 7.97. The van der Waals surface area contributed by atoms with Crippen molar-refractivity contribution in [2.45, 2.75) is 26.8 Å². The molecule has 1 heterocycles. The number of hydrogen-bond donors (Lipinski definition) is 3. The van der Waals surface area contributed by atoms with Crippen molar-refractivity contribution in [3.05, 3.63) is 11.8 Å². The van der Waals surface area contributed by atoms with Crippen molar-refractivity contribution in [1.82, 2.24) is 9.97 Å². The molecule has 1 aromatic heterocycles. The third kappa shape index (κ3) is 3.06. The number of aromatic nitrogens is 2. The predicted octanol–water partition coefficient (Wildman–Crippen LogP) is 0.796. The number of rotatable bonds is 4. The van der Waals surface area contributed by atoms with Crippen LogP contribution in [0.5, 0.6) is 0 Å². The van der Waals surface area contributed by atoms with Gasteiger partial charge in [-0.3, -0.25) is 0 Å². The fraction of sp³-hybridized carbons (Fsp3) is 0.600. The third-order valence-electron chi connectivity index (χ3n) is 2.31. The van der Waals surface area contributed by atoms with Gasteiger partial charge in [0.1, 0.15) is 5.82 Å². The highest BCUT2D eigenvalue weighted by atomic mass is 16.3. The van der Waals surface area contributed by atoms with E-state index in [1.165, 1.54) is 0 Å². The monoisotopic (exact) mass is 210 g/mol. The van der Waals surface area contributed by atoms with Gasteiger partial charge in [0.25, 0.3) is 0 Å². The normalized spacial score (nSPS) is 12.9. The smallest absolute Gasteiger partial charge is 0.221 e. The van der Waals surface area contributed by atoms with Crippen LogP contribution in [0.15, 0.2) is 6.20 Å². The molecule has 1 aromatic rings. The van der Waals surface area contributed by atoms with Crippen LogP contribution in [0.2, 0.25) is 0 Å². The molecule has 0 aliphatic heterocycles. The quantitative estimate of drug-likeness (QED) is 0.684. The first-order chi connectivity index (χ1) is 7.04. The van der Waals surface area contributed by atoms with Crippen LogP contribution in [0.4, 0.5) is 11.8 Å². The van der Waals surface area contributed by atoms with Crippen molar-refractivity contribution in [2.24, 2.45) is 5.92 Å². The van der Waals surface area contributed by atoms with Crippen molar-refractivity contribution in [3.63, 3.8) is 0 Å². The zero-order valence-corrected chi connectivity index (χ0v) is 9.36. The Kier molecular flexibility index (Phi) is 3.85. The zero-order chi connectivity index (χ0) is 11.4. The summed E-state index contributed by atoms with van der Waals surface area (Å²) in [6.07, 6.45) is 1.67. The molecule has 0 amide bonds. The Morgan fingerprint density at radius 3 is 2.73 bits per heavy atom. The molecule has 0 spiro atoms. The van der Waals surface area contributed by atoms with Gasteiger partial charge in [-0.25, -0.2) is 4.98 Å². The first-order valence-corrected chi connectivity index (χ1v) is 5.01. The fourth-order valence-corrected chi connectivity index (χ4v) is 1.20. The van der Waals surface area contributed by atoms with E-state index in [0.717, 1.165) is 5.56 Å². The highest BCUT2D eigenvalue weighted by Gasteiger charge is 2.13. The largest absolute Gasteiger partial charge is 0.394 e. The van der Waals surface area contributed by atoms with Gasteiger partial charge in [-0.15, -0.1) is 0 Å². The minimum absolute atomic E-state index is 0.0157. The molecule has 4 N–H and O–H groups in total. The standard InChI is InChI=1S/C10H18N4O/c1-6(2)8(5-15)13-9-7(3)4-12-10(11)14-9/h4,6,8,15H,5H2,1-3H3,(H3,11,12,13,14). The maximum absolute atomic E-state index is 9.18. The number of nitrogens with zero attached hydrogens (tertiary/aromatic N) is 2. The minimum Gasteiger partial charge on any atom is -0.394 e. The Balaban J connectivity index is 2.82. The molecule has 1 rings (SSSR count). The highest BCUT2D eigenvalue weighted by Crippen LogP contribution is 2.14. The zero-order valence-electron chi connectivity index (χ0n) is 9.36. The van der Waals surface area contributed by atoms with Crippen LogP contribution in [0, 0.1) is 12.8 Å². The third-order valence-corrected chi connectivity index (χ3v) is 2.31. The Bertz CT molecular complexity index is 327. The molecule has 0 fully saturated rings. The lowest BCUT2D eigenvalue weighted by Crippen LogP contribution is -2.30. The van der Waals surface area contributed by atoms with Gasteiger partial charge in [0.05, 0.1) is 12.6 Å². The van der Waals surface area contributed by atoms with Gasteiger partial charge in [-0.05, 0) is 12.8 Å². The lowest BCUT2D eigenvalue weighted by molar-refractivity contribution is 0.249. The first-order valence-electron chi connectivity index (χ1n) is 5.01. The van der Waals surface area contributed by atoms with Gasteiger partial charge in [-0.2, -0.15) is 4.98 Å². The van der Waals surface area contributed by atoms with Crippen LogP contribution in [0.1, 0.15) is 19.4 Å². The van der Waals surface area contributed by atoms with Gasteiger partial charge < -0.3 is 16.2 Å². The highest BCUT2D eigenvalue weighted by molar-refractivity contribution is 5.45. The van der Waals surface area contributed by atoms with Gasteiger partial charge >= 0.3 is 0 Å². The summed E-state index contributed by atoms with van der Waals surface area (Å²) < 4.78 is 0. The molecule has 0 aromatic carbocycles. The van der Waals surface area contributed by atoms with E-state index in [9.17, 15) is 5.11 Å². The van der Waals surface area contributed by atoms with Crippen molar-refractivity contribution in [1.29, 1.82) is 0 Å².